The van der Waals surface area contributed by atoms with Crippen molar-refractivity contribution >= 4 is 29.0 Å². The topological polar surface area (TPSA) is 42.3 Å². The van der Waals surface area contributed by atoms with Crippen LogP contribution < -0.4 is 0 Å². The number of hydrogen-bond donors (Lipinski definition) is 0. The minimum Gasteiger partial charge on any atom is -0.321 e. The Balaban J connectivity index is 1.90. The fraction of sp³-hybridized carbons (Fsp3) is 0.222. The van der Waals surface area contributed by atoms with Crippen LogP contribution in [-0.2, 0) is 4.79 Å². The molecule has 1 saturated heterocycles. The second kappa shape index (κ2) is 6.46. The third kappa shape index (κ3) is 3.10. The van der Waals surface area contributed by atoms with Gasteiger partial charge in [-0.25, -0.2) is 0 Å². The largest absolute Gasteiger partial charge is 0.321 e. The Morgan fingerprint density at radius 3 is 2.61 bits per heavy atom. The predicted molar refractivity (Wildman–Crippen MR) is 93.5 cm³/mol. The van der Waals surface area contributed by atoms with Gasteiger partial charge in [-0.05, 0) is 54.9 Å². The SMILES string of the molecule is CCCN1C(=O)S/C(=C/c2cc(C)n(-c3ccccc3)c2)C1=O. The molecule has 0 aliphatic carbocycles. The summed E-state index contributed by atoms with van der Waals surface area (Å²) in [5.74, 6) is -0.188. The summed E-state index contributed by atoms with van der Waals surface area (Å²) in [4.78, 5) is 26.0. The summed E-state index contributed by atoms with van der Waals surface area (Å²) in [6.45, 7) is 4.45. The number of aromatic nitrogens is 1. The summed E-state index contributed by atoms with van der Waals surface area (Å²) >= 11 is 1.02. The first kappa shape index (κ1) is 15.6. The van der Waals surface area contributed by atoms with Crippen LogP contribution in [0.4, 0.5) is 4.79 Å². The average Bonchev–Trinajstić information content (AvgIpc) is 3.03. The van der Waals surface area contributed by atoms with Crippen LogP contribution in [0.1, 0.15) is 24.6 Å². The molecule has 23 heavy (non-hydrogen) atoms. The molecule has 0 N–H and O–H groups in total. The highest BCUT2D eigenvalue weighted by Crippen LogP contribution is 2.32. The molecule has 2 amide bonds. The fourth-order valence-corrected chi connectivity index (χ4v) is 3.48. The monoisotopic (exact) mass is 326 g/mol. The van der Waals surface area contributed by atoms with Gasteiger partial charge in [-0.2, -0.15) is 0 Å². The number of thioether (sulfide) groups is 1. The fourth-order valence-electron chi connectivity index (χ4n) is 2.61. The molecule has 118 valence electrons. The number of rotatable bonds is 4. The number of carbonyl (C=O) groups excluding carboxylic acids is 2. The van der Waals surface area contributed by atoms with Crippen molar-refractivity contribution in [3.63, 3.8) is 0 Å². The molecule has 3 rings (SSSR count). The van der Waals surface area contributed by atoms with Gasteiger partial charge in [0.2, 0.25) is 0 Å². The van der Waals surface area contributed by atoms with Gasteiger partial charge in [0.15, 0.2) is 0 Å². The van der Waals surface area contributed by atoms with Crippen LogP contribution in [0.2, 0.25) is 0 Å². The van der Waals surface area contributed by atoms with Crippen molar-refractivity contribution in [2.75, 3.05) is 6.54 Å². The van der Waals surface area contributed by atoms with E-state index in [2.05, 4.69) is 4.57 Å². The van der Waals surface area contributed by atoms with Crippen LogP contribution in [0.5, 0.6) is 0 Å². The van der Waals surface area contributed by atoms with Crippen molar-refractivity contribution in [2.45, 2.75) is 20.3 Å². The normalized spacial score (nSPS) is 16.6. The number of carbonyl (C=O) groups is 2. The summed E-state index contributed by atoms with van der Waals surface area (Å²) in [6, 6.07) is 12.0. The molecule has 1 aromatic heterocycles. The molecule has 0 saturated carbocycles. The Kier molecular flexibility index (Phi) is 4.39. The molecule has 0 atom stereocenters. The molecule has 4 nitrogen and oxygen atoms in total. The third-order valence-corrected chi connectivity index (χ3v) is 4.59. The second-order valence-electron chi connectivity index (χ2n) is 5.45. The molecule has 1 aliphatic heterocycles. The van der Waals surface area contributed by atoms with Crippen LogP contribution in [0.3, 0.4) is 0 Å². The van der Waals surface area contributed by atoms with E-state index in [0.29, 0.717) is 11.4 Å². The lowest BCUT2D eigenvalue weighted by molar-refractivity contribution is -0.122. The second-order valence-corrected chi connectivity index (χ2v) is 6.45. The van der Waals surface area contributed by atoms with Crippen molar-refractivity contribution in [3.8, 4) is 5.69 Å². The van der Waals surface area contributed by atoms with Crippen molar-refractivity contribution in [3.05, 3.63) is 58.8 Å². The highest BCUT2D eigenvalue weighted by Gasteiger charge is 2.34. The number of imide groups is 1. The van der Waals surface area contributed by atoms with E-state index in [1.54, 1.807) is 6.08 Å². The van der Waals surface area contributed by atoms with Crippen molar-refractivity contribution < 1.29 is 9.59 Å². The maximum atomic E-state index is 12.3. The van der Waals surface area contributed by atoms with Gasteiger partial charge in [0.1, 0.15) is 0 Å². The highest BCUT2D eigenvalue weighted by molar-refractivity contribution is 8.18. The molecule has 0 bridgehead atoms. The smallest absolute Gasteiger partial charge is 0.293 e. The maximum Gasteiger partial charge on any atom is 0.293 e. The minimum atomic E-state index is -0.188. The molecule has 1 aromatic carbocycles. The lowest BCUT2D eigenvalue weighted by atomic mass is 10.3. The van der Waals surface area contributed by atoms with Gasteiger partial charge in [-0.1, -0.05) is 25.1 Å². The van der Waals surface area contributed by atoms with E-state index in [0.717, 1.165) is 35.1 Å². The zero-order valence-electron chi connectivity index (χ0n) is 13.2. The van der Waals surface area contributed by atoms with E-state index in [-0.39, 0.29) is 11.1 Å². The molecule has 2 heterocycles. The van der Waals surface area contributed by atoms with E-state index in [9.17, 15) is 9.59 Å². The van der Waals surface area contributed by atoms with Gasteiger partial charge in [0, 0.05) is 24.1 Å². The first-order chi connectivity index (χ1) is 11.1. The summed E-state index contributed by atoms with van der Waals surface area (Å²) in [5.41, 5.74) is 3.08. The van der Waals surface area contributed by atoms with Gasteiger partial charge < -0.3 is 4.57 Å². The Morgan fingerprint density at radius 1 is 1.17 bits per heavy atom. The van der Waals surface area contributed by atoms with Gasteiger partial charge in [0.05, 0.1) is 4.91 Å². The third-order valence-electron chi connectivity index (χ3n) is 3.69. The highest BCUT2D eigenvalue weighted by atomic mass is 32.2. The van der Waals surface area contributed by atoms with Crippen molar-refractivity contribution in [2.24, 2.45) is 0 Å². The maximum absolute atomic E-state index is 12.3. The van der Waals surface area contributed by atoms with Gasteiger partial charge in [0.25, 0.3) is 11.1 Å². The molecule has 5 heteroatoms. The van der Waals surface area contributed by atoms with Gasteiger partial charge in [-0.3, -0.25) is 14.5 Å². The van der Waals surface area contributed by atoms with Crippen molar-refractivity contribution in [1.29, 1.82) is 0 Å². The number of para-hydroxylation sites is 1. The van der Waals surface area contributed by atoms with Crippen LogP contribution in [0.15, 0.2) is 47.5 Å². The molecule has 0 spiro atoms. The Bertz CT molecular complexity index is 778. The number of aryl methyl sites for hydroxylation is 1. The van der Waals surface area contributed by atoms with Crippen LogP contribution >= 0.6 is 11.8 Å². The summed E-state index contributed by atoms with van der Waals surface area (Å²) in [7, 11) is 0. The van der Waals surface area contributed by atoms with Crippen molar-refractivity contribution in [1.82, 2.24) is 9.47 Å². The first-order valence-electron chi connectivity index (χ1n) is 7.60. The summed E-state index contributed by atoms with van der Waals surface area (Å²) < 4.78 is 2.07. The average molecular weight is 326 g/mol. The molecule has 1 fully saturated rings. The summed E-state index contributed by atoms with van der Waals surface area (Å²) in [6.07, 6.45) is 4.56. The molecule has 0 radical (unpaired) electrons. The lowest BCUT2D eigenvalue weighted by Crippen LogP contribution is -2.28. The molecular weight excluding hydrogens is 308 g/mol. The number of nitrogens with zero attached hydrogens (tertiary/aromatic N) is 2. The lowest BCUT2D eigenvalue weighted by Gasteiger charge is -2.09. The standard InChI is InChI=1S/C18H18N2O2S/c1-3-9-19-17(21)16(23-18(19)22)11-14-10-13(2)20(12-14)15-7-5-4-6-8-15/h4-8,10-12H,3,9H2,1-2H3/b16-11+. The Labute approximate surface area is 139 Å². The molecule has 0 unspecified atom stereocenters. The van der Waals surface area contributed by atoms with E-state index >= 15 is 0 Å². The zero-order valence-corrected chi connectivity index (χ0v) is 14.0. The van der Waals surface area contributed by atoms with Gasteiger partial charge in [-0.15, -0.1) is 0 Å². The number of amides is 2. The van der Waals surface area contributed by atoms with E-state index in [4.69, 9.17) is 0 Å². The molecule has 2 aromatic rings. The van der Waals surface area contributed by atoms with E-state index < -0.39 is 0 Å². The summed E-state index contributed by atoms with van der Waals surface area (Å²) in [5, 5.41) is -0.178. The molecular formula is C18H18N2O2S. The molecule has 1 aliphatic rings. The number of hydrogen-bond acceptors (Lipinski definition) is 3. The van der Waals surface area contributed by atoms with Crippen LogP contribution in [0, 0.1) is 6.92 Å². The minimum absolute atomic E-state index is 0.178. The predicted octanol–water partition coefficient (Wildman–Crippen LogP) is 4.23. The van der Waals surface area contributed by atoms with E-state index in [1.807, 2.05) is 56.4 Å². The quantitative estimate of drug-likeness (QED) is 0.790. The van der Waals surface area contributed by atoms with E-state index in [1.165, 1.54) is 4.90 Å². The number of benzene rings is 1. The Morgan fingerprint density at radius 2 is 1.91 bits per heavy atom. The first-order valence-corrected chi connectivity index (χ1v) is 8.41. The van der Waals surface area contributed by atoms with Crippen LogP contribution in [0.25, 0.3) is 11.8 Å². The zero-order chi connectivity index (χ0) is 16.4. The van der Waals surface area contributed by atoms with Crippen LogP contribution in [-0.4, -0.2) is 27.2 Å². The Hall–Kier alpha value is -2.27. The van der Waals surface area contributed by atoms with Gasteiger partial charge >= 0.3 is 0 Å².